The van der Waals surface area contributed by atoms with Crippen LogP contribution in [0.3, 0.4) is 0 Å². The van der Waals surface area contributed by atoms with Gasteiger partial charge in [0.2, 0.25) is 0 Å². The summed E-state index contributed by atoms with van der Waals surface area (Å²) in [6.07, 6.45) is 1.02. The molecule has 1 N–H and O–H groups in total. The topological polar surface area (TPSA) is 29.9 Å². The number of hydrogen-bond acceptors (Lipinski definition) is 2. The van der Waals surface area contributed by atoms with Crippen LogP contribution in [0.2, 0.25) is 5.15 Å². The van der Waals surface area contributed by atoms with E-state index in [1.54, 1.807) is 4.68 Å². The number of halogens is 2. The van der Waals surface area contributed by atoms with Crippen LogP contribution < -0.4 is 5.32 Å². The van der Waals surface area contributed by atoms with Gasteiger partial charge in [0.25, 0.3) is 0 Å². The third kappa shape index (κ3) is 2.20. The predicted molar refractivity (Wildman–Crippen MR) is 71.6 cm³/mol. The standard InChI is InChI=1S/C12H19Cl2N3/c1-7-8(11(14)17(4)16-7)6-15-10-5-9(13)12(10,2)3/h9-10,15H,5-6H2,1-4H3. The molecule has 1 aromatic rings. The van der Waals surface area contributed by atoms with Gasteiger partial charge in [0.1, 0.15) is 5.15 Å². The Bertz CT molecular complexity index is 426. The Balaban J connectivity index is 2.00. The lowest BCUT2D eigenvalue weighted by atomic mass is 9.67. The normalized spacial score (nSPS) is 26.9. The van der Waals surface area contributed by atoms with E-state index < -0.39 is 0 Å². The van der Waals surface area contributed by atoms with Crippen LogP contribution in [0, 0.1) is 12.3 Å². The van der Waals surface area contributed by atoms with E-state index >= 15 is 0 Å². The second-order valence-electron chi connectivity index (χ2n) is 5.44. The zero-order chi connectivity index (χ0) is 12.8. The molecule has 17 heavy (non-hydrogen) atoms. The molecule has 1 aliphatic carbocycles. The summed E-state index contributed by atoms with van der Waals surface area (Å²) in [5.41, 5.74) is 2.23. The molecule has 1 saturated carbocycles. The number of alkyl halides is 1. The van der Waals surface area contributed by atoms with Crippen molar-refractivity contribution in [2.45, 2.75) is 45.2 Å². The average molecular weight is 276 g/mol. The van der Waals surface area contributed by atoms with Crippen LogP contribution in [0.1, 0.15) is 31.5 Å². The van der Waals surface area contributed by atoms with Crippen molar-refractivity contribution in [1.29, 1.82) is 0 Å². The molecule has 2 unspecified atom stereocenters. The van der Waals surface area contributed by atoms with E-state index in [1.807, 2.05) is 14.0 Å². The number of rotatable bonds is 3. The molecule has 0 aliphatic heterocycles. The molecule has 96 valence electrons. The molecule has 1 heterocycles. The Labute approximate surface area is 112 Å². The van der Waals surface area contributed by atoms with Crippen molar-refractivity contribution in [3.05, 3.63) is 16.4 Å². The summed E-state index contributed by atoms with van der Waals surface area (Å²) in [6.45, 7) is 7.14. The van der Waals surface area contributed by atoms with Gasteiger partial charge in [-0.3, -0.25) is 4.68 Å². The molecular formula is C12H19Cl2N3. The quantitative estimate of drug-likeness (QED) is 0.860. The van der Waals surface area contributed by atoms with Gasteiger partial charge in [0.05, 0.1) is 5.69 Å². The van der Waals surface area contributed by atoms with Crippen molar-refractivity contribution < 1.29 is 0 Å². The molecule has 1 aromatic heterocycles. The van der Waals surface area contributed by atoms with Crippen LogP contribution in [0.15, 0.2) is 0 Å². The van der Waals surface area contributed by atoms with Crippen molar-refractivity contribution in [2.75, 3.05) is 0 Å². The van der Waals surface area contributed by atoms with Crippen LogP contribution in [-0.2, 0) is 13.6 Å². The van der Waals surface area contributed by atoms with E-state index in [0.29, 0.717) is 6.04 Å². The first-order chi connectivity index (χ1) is 7.84. The Morgan fingerprint density at radius 3 is 2.59 bits per heavy atom. The van der Waals surface area contributed by atoms with E-state index in [0.717, 1.165) is 29.4 Å². The maximum atomic E-state index is 6.20. The lowest BCUT2D eigenvalue weighted by Gasteiger charge is -2.49. The molecule has 3 nitrogen and oxygen atoms in total. The highest BCUT2D eigenvalue weighted by Crippen LogP contribution is 2.44. The first-order valence-corrected chi connectivity index (χ1v) is 6.71. The number of hydrogen-bond donors (Lipinski definition) is 1. The molecule has 1 aliphatic rings. The average Bonchev–Trinajstić information content (AvgIpc) is 2.49. The number of aryl methyl sites for hydroxylation is 2. The number of aromatic nitrogens is 2. The summed E-state index contributed by atoms with van der Waals surface area (Å²) in [7, 11) is 1.86. The monoisotopic (exact) mass is 275 g/mol. The maximum absolute atomic E-state index is 6.20. The minimum absolute atomic E-state index is 0.157. The van der Waals surface area contributed by atoms with Crippen LogP contribution in [0.25, 0.3) is 0 Å². The van der Waals surface area contributed by atoms with Crippen molar-refractivity contribution >= 4 is 23.2 Å². The van der Waals surface area contributed by atoms with Crippen LogP contribution in [-0.4, -0.2) is 21.2 Å². The van der Waals surface area contributed by atoms with Gasteiger partial charge in [-0.05, 0) is 18.8 Å². The lowest BCUT2D eigenvalue weighted by Crippen LogP contribution is -2.57. The second kappa shape index (κ2) is 4.45. The van der Waals surface area contributed by atoms with Crippen molar-refractivity contribution in [3.63, 3.8) is 0 Å². The fourth-order valence-corrected chi connectivity index (χ4v) is 2.89. The molecule has 0 radical (unpaired) electrons. The summed E-state index contributed by atoms with van der Waals surface area (Å²) < 4.78 is 1.71. The molecule has 0 aromatic carbocycles. The molecule has 0 spiro atoms. The second-order valence-corrected chi connectivity index (χ2v) is 6.32. The molecule has 5 heteroatoms. The molecule has 2 rings (SSSR count). The molecule has 0 amide bonds. The lowest BCUT2D eigenvalue weighted by molar-refractivity contribution is 0.115. The fourth-order valence-electron chi connectivity index (χ4n) is 2.32. The molecule has 2 atom stereocenters. The third-order valence-corrected chi connectivity index (χ3v) is 5.16. The van der Waals surface area contributed by atoms with E-state index in [-0.39, 0.29) is 10.8 Å². The van der Waals surface area contributed by atoms with Gasteiger partial charge in [-0.2, -0.15) is 5.10 Å². The van der Waals surface area contributed by atoms with Gasteiger partial charge < -0.3 is 5.32 Å². The van der Waals surface area contributed by atoms with Gasteiger partial charge in [0, 0.05) is 30.6 Å². The first-order valence-electron chi connectivity index (χ1n) is 5.89. The van der Waals surface area contributed by atoms with Crippen LogP contribution in [0.5, 0.6) is 0 Å². The molecule has 1 fully saturated rings. The van der Waals surface area contributed by atoms with E-state index in [9.17, 15) is 0 Å². The van der Waals surface area contributed by atoms with Gasteiger partial charge in [-0.15, -0.1) is 11.6 Å². The van der Waals surface area contributed by atoms with Gasteiger partial charge >= 0.3 is 0 Å². The molecular weight excluding hydrogens is 257 g/mol. The Hall–Kier alpha value is -0.250. The van der Waals surface area contributed by atoms with Crippen molar-refractivity contribution in [2.24, 2.45) is 12.5 Å². The highest BCUT2D eigenvalue weighted by Gasteiger charge is 2.46. The Morgan fingerprint density at radius 2 is 2.18 bits per heavy atom. The SMILES string of the molecule is Cc1nn(C)c(Cl)c1CNC1CC(Cl)C1(C)C. The first kappa shape index (κ1) is 13.2. The maximum Gasteiger partial charge on any atom is 0.131 e. The minimum Gasteiger partial charge on any atom is -0.309 e. The fraction of sp³-hybridized carbons (Fsp3) is 0.750. The van der Waals surface area contributed by atoms with Crippen molar-refractivity contribution in [1.82, 2.24) is 15.1 Å². The molecule has 0 saturated heterocycles. The number of nitrogens with one attached hydrogen (secondary N) is 1. The minimum atomic E-state index is 0.157. The summed E-state index contributed by atoms with van der Waals surface area (Å²) in [4.78, 5) is 0. The zero-order valence-electron chi connectivity index (χ0n) is 10.7. The van der Waals surface area contributed by atoms with Gasteiger partial charge in [0.15, 0.2) is 0 Å². The smallest absolute Gasteiger partial charge is 0.131 e. The predicted octanol–water partition coefficient (Wildman–Crippen LogP) is 2.88. The highest BCUT2D eigenvalue weighted by molar-refractivity contribution is 6.30. The Kier molecular flexibility index (Phi) is 3.45. The summed E-state index contributed by atoms with van der Waals surface area (Å²) in [6, 6.07) is 0.459. The van der Waals surface area contributed by atoms with E-state index in [4.69, 9.17) is 23.2 Å². The zero-order valence-corrected chi connectivity index (χ0v) is 12.2. The summed E-state index contributed by atoms with van der Waals surface area (Å²) in [5, 5.41) is 8.82. The molecule has 0 bridgehead atoms. The summed E-state index contributed by atoms with van der Waals surface area (Å²) in [5.74, 6) is 0. The van der Waals surface area contributed by atoms with E-state index in [2.05, 4.69) is 24.3 Å². The third-order valence-electron chi connectivity index (χ3n) is 3.94. The van der Waals surface area contributed by atoms with Gasteiger partial charge in [-0.25, -0.2) is 0 Å². The largest absolute Gasteiger partial charge is 0.309 e. The van der Waals surface area contributed by atoms with Gasteiger partial charge in [-0.1, -0.05) is 25.4 Å². The number of nitrogens with zero attached hydrogens (tertiary/aromatic N) is 2. The van der Waals surface area contributed by atoms with Crippen molar-refractivity contribution in [3.8, 4) is 0 Å². The van der Waals surface area contributed by atoms with Crippen LogP contribution >= 0.6 is 23.2 Å². The highest BCUT2D eigenvalue weighted by atomic mass is 35.5. The summed E-state index contributed by atoms with van der Waals surface area (Å²) >= 11 is 12.4. The van der Waals surface area contributed by atoms with E-state index in [1.165, 1.54) is 0 Å². The Morgan fingerprint density at radius 1 is 1.53 bits per heavy atom. The van der Waals surface area contributed by atoms with Crippen LogP contribution in [0.4, 0.5) is 0 Å².